The Bertz CT molecular complexity index is 1420. The van der Waals surface area contributed by atoms with Crippen LogP contribution in [0.25, 0.3) is 28.1 Å². The lowest BCUT2D eigenvalue weighted by molar-refractivity contribution is 0.268. The minimum absolute atomic E-state index is 0.0295. The first kappa shape index (κ1) is 24.6. The number of allylic oxidation sites excluding steroid dienone is 1. The molecule has 0 saturated carbocycles. The minimum atomic E-state index is -0.136. The summed E-state index contributed by atoms with van der Waals surface area (Å²) in [7, 11) is 0. The van der Waals surface area contributed by atoms with Crippen molar-refractivity contribution in [2.75, 3.05) is 0 Å². The minimum Gasteiger partial charge on any atom is -0.358 e. The van der Waals surface area contributed by atoms with Crippen LogP contribution in [0.5, 0.6) is 0 Å². The number of hydrogen-bond acceptors (Lipinski definition) is 0. The van der Waals surface area contributed by atoms with E-state index in [4.69, 9.17) is 0 Å². The predicted octanol–water partition coefficient (Wildman–Crippen LogP) is 9.83. The maximum absolute atomic E-state index is 3.75. The van der Waals surface area contributed by atoms with E-state index in [0.717, 1.165) is 12.8 Å². The number of fused-ring (bicyclic) bond motifs is 6. The Balaban J connectivity index is 0.00000130. The van der Waals surface area contributed by atoms with Crippen molar-refractivity contribution in [3.05, 3.63) is 100 Å². The van der Waals surface area contributed by atoms with Crippen molar-refractivity contribution in [3.8, 4) is 11.1 Å². The van der Waals surface area contributed by atoms with Gasteiger partial charge in [0.25, 0.3) is 0 Å². The second-order valence-corrected chi connectivity index (χ2v) is 12.3. The highest BCUT2D eigenvalue weighted by atomic mass is 14.7. The van der Waals surface area contributed by atoms with Crippen LogP contribution in [-0.4, -0.2) is 4.98 Å². The van der Waals surface area contributed by atoms with E-state index in [9.17, 15) is 0 Å². The Morgan fingerprint density at radius 1 is 0.722 bits per heavy atom. The van der Waals surface area contributed by atoms with Crippen LogP contribution in [0.15, 0.2) is 72.3 Å². The van der Waals surface area contributed by atoms with Crippen LogP contribution in [0.3, 0.4) is 0 Å². The predicted molar refractivity (Wildman–Crippen MR) is 157 cm³/mol. The van der Waals surface area contributed by atoms with Gasteiger partial charge in [-0.25, -0.2) is 0 Å². The van der Waals surface area contributed by atoms with Crippen LogP contribution in [0.4, 0.5) is 0 Å². The smallest absolute Gasteiger partial charge is 0.0475 e. The van der Waals surface area contributed by atoms with Crippen LogP contribution in [0.1, 0.15) is 89.8 Å². The van der Waals surface area contributed by atoms with Crippen LogP contribution in [-0.2, 0) is 17.3 Å². The normalized spacial score (nSPS) is 15.9. The Morgan fingerprint density at radius 2 is 1.31 bits per heavy atom. The molecule has 1 heterocycles. The molecule has 4 aromatic rings. The van der Waals surface area contributed by atoms with Gasteiger partial charge in [0.15, 0.2) is 0 Å². The number of nitrogens with one attached hydrogen (secondary N) is 1. The summed E-state index contributed by atoms with van der Waals surface area (Å²) in [5, 5.41) is 1.36. The summed E-state index contributed by atoms with van der Waals surface area (Å²) in [5.41, 5.74) is 12.7. The number of hydrogen-bond donors (Lipinski definition) is 1. The lowest BCUT2D eigenvalue weighted by Gasteiger charge is -2.47. The van der Waals surface area contributed by atoms with Gasteiger partial charge in [0.1, 0.15) is 0 Å². The van der Waals surface area contributed by atoms with Crippen molar-refractivity contribution in [1.82, 2.24) is 4.98 Å². The van der Waals surface area contributed by atoms with Crippen LogP contribution < -0.4 is 0 Å². The highest BCUT2D eigenvalue weighted by Crippen LogP contribution is 2.62. The number of aryl methyl sites for hydroxylation is 1. The number of rotatable bonds is 1. The molecule has 1 nitrogen and oxygen atoms in total. The fourth-order valence-corrected chi connectivity index (χ4v) is 6.77. The highest BCUT2D eigenvalue weighted by molar-refractivity contribution is 5.94. The molecule has 1 heteroatoms. The van der Waals surface area contributed by atoms with Crippen LogP contribution in [0, 0.1) is 5.41 Å². The molecule has 0 atom stereocenters. The van der Waals surface area contributed by atoms with Gasteiger partial charge in [-0.2, -0.15) is 0 Å². The molecule has 3 aromatic carbocycles. The van der Waals surface area contributed by atoms with Crippen LogP contribution in [0.2, 0.25) is 0 Å². The molecule has 2 aliphatic rings. The van der Waals surface area contributed by atoms with Crippen molar-refractivity contribution in [2.24, 2.45) is 5.41 Å². The van der Waals surface area contributed by atoms with Crippen molar-refractivity contribution in [2.45, 2.75) is 79.1 Å². The molecular formula is C35H41N. The fourth-order valence-electron chi connectivity index (χ4n) is 6.77. The zero-order chi connectivity index (χ0) is 25.9. The van der Waals surface area contributed by atoms with Gasteiger partial charge in [-0.05, 0) is 63.6 Å². The highest BCUT2D eigenvalue weighted by Gasteiger charge is 2.53. The van der Waals surface area contributed by atoms with E-state index in [-0.39, 0.29) is 16.2 Å². The summed E-state index contributed by atoms with van der Waals surface area (Å²) in [6.07, 6.45) is 4.68. The van der Waals surface area contributed by atoms with Gasteiger partial charge >= 0.3 is 0 Å². The molecular weight excluding hydrogens is 434 g/mol. The van der Waals surface area contributed by atoms with Crippen molar-refractivity contribution in [3.63, 3.8) is 0 Å². The molecule has 0 bridgehead atoms. The number of benzene rings is 3. The van der Waals surface area contributed by atoms with Gasteiger partial charge in [-0.3, -0.25) is 0 Å². The molecule has 0 unspecified atom stereocenters. The lowest BCUT2D eigenvalue weighted by Crippen LogP contribution is -2.42. The van der Waals surface area contributed by atoms with Crippen molar-refractivity contribution in [1.29, 1.82) is 0 Å². The molecule has 0 spiro atoms. The standard InChI is InChI=1S/C33H35N.C2H6/c1-31(2,3)21-15-17-29-25(19-21)26-20-22(16-18-30(26)34-29)33(32(4,5)6)27-13-9-7-11-23(27)24-12-8-10-14-28(24)33;1-2/h7-15,17,19-20,34H,16,18H2,1-6H3;1-2H3. The topological polar surface area (TPSA) is 15.8 Å². The van der Waals surface area contributed by atoms with Gasteiger partial charge in [0, 0.05) is 27.6 Å². The molecule has 0 aliphatic heterocycles. The first-order valence-electron chi connectivity index (χ1n) is 13.7. The molecule has 0 saturated heterocycles. The third kappa shape index (κ3) is 3.43. The molecule has 0 amide bonds. The van der Waals surface area contributed by atoms with E-state index in [2.05, 4.69) is 119 Å². The summed E-state index contributed by atoms with van der Waals surface area (Å²) in [5.74, 6) is 0. The monoisotopic (exact) mass is 475 g/mol. The van der Waals surface area contributed by atoms with Gasteiger partial charge in [-0.15, -0.1) is 0 Å². The van der Waals surface area contributed by atoms with Crippen LogP contribution >= 0.6 is 0 Å². The van der Waals surface area contributed by atoms with E-state index in [1.807, 2.05) is 13.8 Å². The molecule has 6 rings (SSSR count). The average Bonchev–Trinajstić information content (AvgIpc) is 3.37. The van der Waals surface area contributed by atoms with E-state index >= 15 is 0 Å². The summed E-state index contributed by atoms with van der Waals surface area (Å²) in [6, 6.07) is 25.2. The van der Waals surface area contributed by atoms with E-state index in [1.54, 1.807) is 5.57 Å². The molecule has 0 radical (unpaired) electrons. The third-order valence-corrected chi connectivity index (χ3v) is 8.31. The van der Waals surface area contributed by atoms with Gasteiger partial charge in [0.2, 0.25) is 0 Å². The summed E-state index contributed by atoms with van der Waals surface area (Å²) >= 11 is 0. The van der Waals surface area contributed by atoms with E-state index in [0.29, 0.717) is 0 Å². The molecule has 2 aliphatic carbocycles. The van der Waals surface area contributed by atoms with Crippen molar-refractivity contribution < 1.29 is 0 Å². The summed E-state index contributed by atoms with van der Waals surface area (Å²) in [4.78, 5) is 3.75. The average molecular weight is 476 g/mol. The van der Waals surface area contributed by atoms with Gasteiger partial charge in [-0.1, -0.05) is 122 Å². The second-order valence-electron chi connectivity index (χ2n) is 12.3. The largest absolute Gasteiger partial charge is 0.358 e. The summed E-state index contributed by atoms with van der Waals surface area (Å²) < 4.78 is 0. The molecule has 186 valence electrons. The maximum atomic E-state index is 3.75. The Morgan fingerprint density at radius 3 is 1.86 bits per heavy atom. The third-order valence-electron chi connectivity index (χ3n) is 8.31. The maximum Gasteiger partial charge on any atom is 0.0475 e. The zero-order valence-corrected chi connectivity index (χ0v) is 23.3. The SMILES string of the molecule is CC.CC(C)(C)c1ccc2[nH]c3c(c2c1)C=C(C1(C(C)(C)C)c2ccccc2-c2ccccc21)CC3. The van der Waals surface area contributed by atoms with Gasteiger partial charge < -0.3 is 4.98 Å². The molecule has 1 aromatic heterocycles. The Labute approximate surface area is 217 Å². The number of H-pyrrole nitrogens is 1. The second kappa shape index (κ2) is 8.51. The number of aromatic nitrogens is 1. The quantitative estimate of drug-likeness (QED) is 0.282. The lowest BCUT2D eigenvalue weighted by atomic mass is 9.56. The summed E-state index contributed by atoms with van der Waals surface area (Å²) in [6.45, 7) is 18.2. The first-order chi connectivity index (χ1) is 17.1. The first-order valence-corrected chi connectivity index (χ1v) is 13.7. The van der Waals surface area contributed by atoms with E-state index < -0.39 is 0 Å². The zero-order valence-electron chi connectivity index (χ0n) is 23.3. The van der Waals surface area contributed by atoms with Gasteiger partial charge in [0.05, 0.1) is 0 Å². The Hall–Kier alpha value is -3.06. The van der Waals surface area contributed by atoms with Crippen molar-refractivity contribution >= 4 is 17.0 Å². The molecule has 0 fully saturated rings. The van der Waals surface area contributed by atoms with E-state index in [1.165, 1.54) is 50.0 Å². The fraction of sp³-hybridized carbons (Fsp3) is 0.371. The number of aromatic amines is 1. The Kier molecular flexibility index (Phi) is 5.82. The molecule has 1 N–H and O–H groups in total. The molecule has 36 heavy (non-hydrogen) atoms.